The van der Waals surface area contributed by atoms with Gasteiger partial charge in [-0.25, -0.2) is 4.79 Å². The first kappa shape index (κ1) is 18.2. The monoisotopic (exact) mass is 300 g/mol. The molecule has 1 rings (SSSR count). The molecule has 5 nitrogen and oxygen atoms in total. The maximum absolute atomic E-state index is 12.1. The number of methoxy groups -OCH3 is 1. The second-order valence-electron chi connectivity index (χ2n) is 7.53. The lowest BCUT2D eigenvalue weighted by molar-refractivity contribution is 0.0129. The third-order valence-electron chi connectivity index (χ3n) is 3.71. The number of carbonyl (C=O) groups is 1. The maximum atomic E-state index is 12.1. The van der Waals surface area contributed by atoms with Gasteiger partial charge in [-0.05, 0) is 59.9 Å². The standard InChI is InChI=1S/C16H32N2O3/c1-15(2,3)21-14(19)18-9-7-8-13(11-18)10-17-12-16(4,5)20-6/h13,17H,7-12H2,1-6H3. The molecule has 1 fully saturated rings. The number of amides is 1. The first-order valence-electron chi connectivity index (χ1n) is 7.87. The number of ether oxygens (including phenoxy) is 2. The molecule has 1 aliphatic rings. The van der Waals surface area contributed by atoms with Crippen molar-refractivity contribution in [1.82, 2.24) is 10.2 Å². The van der Waals surface area contributed by atoms with E-state index in [0.717, 1.165) is 39.0 Å². The van der Waals surface area contributed by atoms with Gasteiger partial charge in [0.05, 0.1) is 5.60 Å². The number of hydrogen-bond acceptors (Lipinski definition) is 4. The Labute approximate surface area is 129 Å². The number of nitrogens with zero attached hydrogens (tertiary/aromatic N) is 1. The Kier molecular flexibility index (Phi) is 6.47. The molecule has 0 aromatic rings. The highest BCUT2D eigenvalue weighted by molar-refractivity contribution is 5.68. The fourth-order valence-electron chi connectivity index (χ4n) is 2.37. The zero-order valence-corrected chi connectivity index (χ0v) is 14.5. The van der Waals surface area contributed by atoms with Gasteiger partial charge in [-0.15, -0.1) is 0 Å². The summed E-state index contributed by atoms with van der Waals surface area (Å²) < 4.78 is 10.8. The predicted molar refractivity (Wildman–Crippen MR) is 84.5 cm³/mol. The van der Waals surface area contributed by atoms with Crippen molar-refractivity contribution in [1.29, 1.82) is 0 Å². The van der Waals surface area contributed by atoms with Crippen molar-refractivity contribution in [3.8, 4) is 0 Å². The highest BCUT2D eigenvalue weighted by Gasteiger charge is 2.27. The van der Waals surface area contributed by atoms with Gasteiger partial charge in [-0.2, -0.15) is 0 Å². The summed E-state index contributed by atoms with van der Waals surface area (Å²) in [5, 5.41) is 3.45. The molecule has 124 valence electrons. The molecule has 1 unspecified atom stereocenters. The highest BCUT2D eigenvalue weighted by atomic mass is 16.6. The lowest BCUT2D eigenvalue weighted by Crippen LogP contribution is -2.46. The van der Waals surface area contributed by atoms with Gasteiger partial charge in [-0.1, -0.05) is 0 Å². The fourth-order valence-corrected chi connectivity index (χ4v) is 2.37. The Bertz CT molecular complexity index is 337. The molecule has 0 aromatic carbocycles. The van der Waals surface area contributed by atoms with Crippen LogP contribution in [0.15, 0.2) is 0 Å². The maximum Gasteiger partial charge on any atom is 0.410 e. The van der Waals surface area contributed by atoms with Gasteiger partial charge in [-0.3, -0.25) is 0 Å². The first-order chi connectivity index (χ1) is 9.63. The molecule has 1 N–H and O–H groups in total. The summed E-state index contributed by atoms with van der Waals surface area (Å²) in [7, 11) is 1.73. The Morgan fingerprint density at radius 2 is 1.95 bits per heavy atom. The number of rotatable bonds is 5. The second kappa shape index (κ2) is 7.45. The van der Waals surface area contributed by atoms with Crippen LogP contribution in [0.1, 0.15) is 47.5 Å². The normalized spacial score (nSPS) is 20.5. The quantitative estimate of drug-likeness (QED) is 0.848. The smallest absolute Gasteiger partial charge is 0.410 e. The van der Waals surface area contributed by atoms with Gasteiger partial charge in [0.2, 0.25) is 0 Å². The van der Waals surface area contributed by atoms with Crippen molar-refractivity contribution in [3.05, 3.63) is 0 Å². The van der Waals surface area contributed by atoms with E-state index in [4.69, 9.17) is 9.47 Å². The van der Waals surface area contributed by atoms with Crippen molar-refractivity contribution < 1.29 is 14.3 Å². The number of likely N-dealkylation sites (tertiary alicyclic amines) is 1. The van der Waals surface area contributed by atoms with Gasteiger partial charge in [0.15, 0.2) is 0 Å². The predicted octanol–water partition coefficient (Wildman–Crippen LogP) is 2.65. The van der Waals surface area contributed by atoms with Crippen molar-refractivity contribution in [2.75, 3.05) is 33.3 Å². The van der Waals surface area contributed by atoms with E-state index in [0.29, 0.717) is 5.92 Å². The molecular formula is C16H32N2O3. The summed E-state index contributed by atoms with van der Waals surface area (Å²) in [5.41, 5.74) is -0.579. The molecule has 0 bridgehead atoms. The minimum Gasteiger partial charge on any atom is -0.444 e. The Hall–Kier alpha value is -0.810. The van der Waals surface area contributed by atoms with Crippen molar-refractivity contribution in [3.63, 3.8) is 0 Å². The molecule has 1 atom stereocenters. The van der Waals surface area contributed by atoms with Crippen LogP contribution in [0.5, 0.6) is 0 Å². The van der Waals surface area contributed by atoms with Crippen LogP contribution in [0.2, 0.25) is 0 Å². The summed E-state index contributed by atoms with van der Waals surface area (Å²) in [5.74, 6) is 0.485. The lowest BCUT2D eigenvalue weighted by Gasteiger charge is -2.34. The molecule has 0 aromatic heterocycles. The van der Waals surface area contributed by atoms with E-state index < -0.39 is 5.60 Å². The summed E-state index contributed by atoms with van der Waals surface area (Å²) in [6.07, 6.45) is 2.00. The Balaban J connectivity index is 2.37. The summed E-state index contributed by atoms with van der Waals surface area (Å²) in [6.45, 7) is 13.1. The molecule has 1 saturated heterocycles. The molecule has 1 aliphatic heterocycles. The third kappa shape index (κ3) is 7.14. The fraction of sp³-hybridized carbons (Fsp3) is 0.938. The number of carbonyl (C=O) groups excluding carboxylic acids is 1. The number of piperidine rings is 1. The average molecular weight is 300 g/mol. The van der Waals surface area contributed by atoms with E-state index in [2.05, 4.69) is 19.2 Å². The van der Waals surface area contributed by atoms with Gasteiger partial charge in [0.25, 0.3) is 0 Å². The van der Waals surface area contributed by atoms with Crippen molar-refractivity contribution in [2.24, 2.45) is 5.92 Å². The van der Waals surface area contributed by atoms with Crippen LogP contribution in [-0.2, 0) is 9.47 Å². The highest BCUT2D eigenvalue weighted by Crippen LogP contribution is 2.19. The van der Waals surface area contributed by atoms with Crippen LogP contribution in [0, 0.1) is 5.92 Å². The van der Waals surface area contributed by atoms with E-state index >= 15 is 0 Å². The lowest BCUT2D eigenvalue weighted by atomic mass is 9.98. The van der Waals surface area contributed by atoms with E-state index in [9.17, 15) is 4.79 Å². The molecule has 1 amide bonds. The summed E-state index contributed by atoms with van der Waals surface area (Å²) >= 11 is 0. The molecule has 0 saturated carbocycles. The largest absolute Gasteiger partial charge is 0.444 e. The molecule has 21 heavy (non-hydrogen) atoms. The molecule has 5 heteroatoms. The molecule has 0 radical (unpaired) electrons. The SMILES string of the molecule is COC(C)(C)CNCC1CCCN(C(=O)OC(C)(C)C)C1. The topological polar surface area (TPSA) is 50.8 Å². The summed E-state index contributed by atoms with van der Waals surface area (Å²) in [6, 6.07) is 0. The zero-order chi connectivity index (χ0) is 16.1. The van der Waals surface area contributed by atoms with E-state index in [1.165, 1.54) is 0 Å². The molecule has 0 aliphatic carbocycles. The van der Waals surface area contributed by atoms with Crippen LogP contribution >= 0.6 is 0 Å². The first-order valence-corrected chi connectivity index (χ1v) is 7.87. The van der Waals surface area contributed by atoms with Gasteiger partial charge in [0, 0.05) is 26.7 Å². The minimum atomic E-state index is -0.426. The van der Waals surface area contributed by atoms with Crippen molar-refractivity contribution >= 4 is 6.09 Å². The number of nitrogens with one attached hydrogen (secondary N) is 1. The van der Waals surface area contributed by atoms with E-state index in [1.807, 2.05) is 25.7 Å². The average Bonchev–Trinajstić information content (AvgIpc) is 2.37. The third-order valence-corrected chi connectivity index (χ3v) is 3.71. The van der Waals surface area contributed by atoms with E-state index in [-0.39, 0.29) is 11.7 Å². The van der Waals surface area contributed by atoms with Crippen LogP contribution < -0.4 is 5.32 Å². The minimum absolute atomic E-state index is 0.153. The number of hydrogen-bond donors (Lipinski definition) is 1. The molecular weight excluding hydrogens is 268 g/mol. The van der Waals surface area contributed by atoms with E-state index in [1.54, 1.807) is 7.11 Å². The Morgan fingerprint density at radius 1 is 1.29 bits per heavy atom. The van der Waals surface area contributed by atoms with Crippen LogP contribution in [0.3, 0.4) is 0 Å². The van der Waals surface area contributed by atoms with Crippen LogP contribution in [-0.4, -0.2) is 55.5 Å². The van der Waals surface area contributed by atoms with Gasteiger partial charge in [0.1, 0.15) is 5.60 Å². The molecule has 1 heterocycles. The Morgan fingerprint density at radius 3 is 2.52 bits per heavy atom. The molecule has 0 spiro atoms. The van der Waals surface area contributed by atoms with Gasteiger partial charge < -0.3 is 19.7 Å². The van der Waals surface area contributed by atoms with Crippen molar-refractivity contribution in [2.45, 2.75) is 58.7 Å². The summed E-state index contributed by atoms with van der Waals surface area (Å²) in [4.78, 5) is 13.9. The van der Waals surface area contributed by atoms with Crippen LogP contribution in [0.4, 0.5) is 4.79 Å². The second-order valence-corrected chi connectivity index (χ2v) is 7.53. The van der Waals surface area contributed by atoms with Gasteiger partial charge >= 0.3 is 6.09 Å². The zero-order valence-electron chi connectivity index (χ0n) is 14.5. The van der Waals surface area contributed by atoms with Crippen LogP contribution in [0.25, 0.3) is 0 Å².